The average Bonchev–Trinajstić information content (AvgIpc) is 3.23. The number of rotatable bonds is 2. The summed E-state index contributed by atoms with van der Waals surface area (Å²) in [5.41, 5.74) is -0.864. The van der Waals surface area contributed by atoms with Crippen molar-refractivity contribution in [3.05, 3.63) is 11.6 Å². The van der Waals surface area contributed by atoms with Gasteiger partial charge in [0.15, 0.2) is 0 Å². The van der Waals surface area contributed by atoms with E-state index in [1.165, 1.54) is 0 Å². The molecule has 29 heavy (non-hydrogen) atoms. The van der Waals surface area contributed by atoms with E-state index in [1.807, 2.05) is 0 Å². The van der Waals surface area contributed by atoms with Crippen LogP contribution in [-0.2, 0) is 14.3 Å². The molecule has 4 fully saturated rings. The first-order chi connectivity index (χ1) is 13.7. The summed E-state index contributed by atoms with van der Waals surface area (Å²) < 4.78 is 5.16. The Kier molecular flexibility index (Phi) is 4.34. The number of esters is 1. The maximum Gasteiger partial charge on any atom is 0.331 e. The SMILES string of the molecule is C[C@]12CCC3[C@@H](CCC4CC(O)C(O)C[C@@]43C=O)[C@@]1(O)CCC2C1=CC(=O)OC1. The molecule has 0 amide bonds. The quantitative estimate of drug-likeness (QED) is 0.479. The lowest BCUT2D eigenvalue weighted by Crippen LogP contribution is -2.64. The highest BCUT2D eigenvalue weighted by Crippen LogP contribution is 2.69. The molecule has 0 radical (unpaired) electrons. The normalized spacial score (nSPS) is 54.1. The molecular formula is C23H32O6. The van der Waals surface area contributed by atoms with Crippen molar-refractivity contribution in [1.82, 2.24) is 0 Å². The van der Waals surface area contributed by atoms with Crippen molar-refractivity contribution in [2.24, 2.45) is 34.5 Å². The summed E-state index contributed by atoms with van der Waals surface area (Å²) in [5, 5.41) is 32.7. The topological polar surface area (TPSA) is 104 Å². The third kappa shape index (κ3) is 2.45. The molecule has 9 atom stereocenters. The molecule has 0 spiro atoms. The lowest BCUT2D eigenvalue weighted by atomic mass is 9.43. The average molecular weight is 405 g/mol. The van der Waals surface area contributed by atoms with Crippen molar-refractivity contribution in [3.8, 4) is 0 Å². The Bertz CT molecular complexity index is 762. The number of hydrogen-bond donors (Lipinski definition) is 3. The summed E-state index contributed by atoms with van der Waals surface area (Å²) in [4.78, 5) is 24.1. The number of cyclic esters (lactones) is 1. The zero-order valence-corrected chi connectivity index (χ0v) is 17.0. The highest BCUT2D eigenvalue weighted by Gasteiger charge is 2.69. The van der Waals surface area contributed by atoms with E-state index >= 15 is 0 Å². The second-order valence-corrected chi connectivity index (χ2v) is 10.6. The molecule has 1 aliphatic heterocycles. The van der Waals surface area contributed by atoms with Gasteiger partial charge in [-0.25, -0.2) is 4.79 Å². The number of aliphatic hydroxyl groups excluding tert-OH is 2. The maximum atomic E-state index is 12.5. The zero-order valence-electron chi connectivity index (χ0n) is 17.0. The van der Waals surface area contributed by atoms with Gasteiger partial charge in [-0.15, -0.1) is 0 Å². The fraction of sp³-hybridized carbons (Fsp3) is 0.826. The number of hydrogen-bond acceptors (Lipinski definition) is 6. The van der Waals surface area contributed by atoms with E-state index in [4.69, 9.17) is 4.74 Å². The van der Waals surface area contributed by atoms with E-state index in [-0.39, 0.29) is 35.1 Å². The summed E-state index contributed by atoms with van der Waals surface area (Å²) in [6, 6.07) is 0. The van der Waals surface area contributed by atoms with E-state index in [9.17, 15) is 24.9 Å². The monoisotopic (exact) mass is 404 g/mol. The van der Waals surface area contributed by atoms with Crippen LogP contribution in [0.5, 0.6) is 0 Å². The largest absolute Gasteiger partial charge is 0.458 e. The lowest BCUT2D eigenvalue weighted by Gasteiger charge is -2.63. The van der Waals surface area contributed by atoms with E-state index in [2.05, 4.69) is 6.92 Å². The highest BCUT2D eigenvalue weighted by atomic mass is 16.5. The number of carbonyl (C=O) groups is 2. The van der Waals surface area contributed by atoms with Gasteiger partial charge in [0.1, 0.15) is 12.9 Å². The van der Waals surface area contributed by atoms with Gasteiger partial charge in [0, 0.05) is 16.9 Å². The Morgan fingerprint density at radius 2 is 1.90 bits per heavy atom. The smallest absolute Gasteiger partial charge is 0.331 e. The Morgan fingerprint density at radius 3 is 2.59 bits per heavy atom. The summed E-state index contributed by atoms with van der Waals surface area (Å²) >= 11 is 0. The Hall–Kier alpha value is -1.24. The molecule has 5 aliphatic rings. The van der Waals surface area contributed by atoms with Gasteiger partial charge < -0.3 is 24.9 Å². The third-order valence-electron chi connectivity index (χ3n) is 9.81. The summed E-state index contributed by atoms with van der Waals surface area (Å²) in [6.07, 6.45) is 6.57. The molecule has 4 aliphatic carbocycles. The molecule has 0 aromatic rings. The van der Waals surface area contributed by atoms with Crippen LogP contribution in [0.2, 0.25) is 0 Å². The van der Waals surface area contributed by atoms with Crippen molar-refractivity contribution in [2.45, 2.75) is 76.1 Å². The molecule has 6 nitrogen and oxygen atoms in total. The predicted octanol–water partition coefficient (Wildman–Crippen LogP) is 1.75. The van der Waals surface area contributed by atoms with Crippen molar-refractivity contribution in [3.63, 3.8) is 0 Å². The zero-order chi connectivity index (χ0) is 20.6. The number of carbonyl (C=O) groups excluding carboxylic acids is 2. The van der Waals surface area contributed by atoms with Gasteiger partial charge in [0.05, 0.1) is 17.8 Å². The molecule has 0 aromatic carbocycles. The molecule has 6 heteroatoms. The summed E-state index contributed by atoms with van der Waals surface area (Å²) in [6.45, 7) is 2.48. The van der Waals surface area contributed by atoms with Crippen LogP contribution in [0.1, 0.15) is 58.3 Å². The molecule has 5 rings (SSSR count). The molecule has 4 saturated carbocycles. The molecule has 3 N–H and O–H groups in total. The van der Waals surface area contributed by atoms with Crippen molar-refractivity contribution < 1.29 is 29.6 Å². The van der Waals surface area contributed by atoms with Crippen LogP contribution in [0.15, 0.2) is 11.6 Å². The van der Waals surface area contributed by atoms with Gasteiger partial charge in [-0.05, 0) is 80.6 Å². The number of aldehydes is 1. The van der Waals surface area contributed by atoms with Gasteiger partial charge >= 0.3 is 5.97 Å². The Morgan fingerprint density at radius 1 is 1.10 bits per heavy atom. The van der Waals surface area contributed by atoms with Gasteiger partial charge in [-0.1, -0.05) is 6.92 Å². The van der Waals surface area contributed by atoms with Crippen LogP contribution in [-0.4, -0.2) is 52.0 Å². The standard InChI is InChI=1S/C23H32O6/c1-21-6-4-16-17(3-2-14-9-18(25)19(26)10-22(14,16)12-24)23(21,28)7-5-15(21)13-8-20(27)29-11-13/h8,12,14-19,25-26,28H,2-7,9-11H2,1H3/t14?,15?,16?,17-,18?,19?,21-,22-,23+/m1/s1. The molecule has 0 bridgehead atoms. The van der Waals surface area contributed by atoms with Gasteiger partial charge in [-0.3, -0.25) is 0 Å². The lowest BCUT2D eigenvalue weighted by molar-refractivity contribution is -0.216. The van der Waals surface area contributed by atoms with Gasteiger partial charge in [-0.2, -0.15) is 0 Å². The first-order valence-electron chi connectivity index (χ1n) is 11.2. The highest BCUT2D eigenvalue weighted by molar-refractivity contribution is 5.85. The van der Waals surface area contributed by atoms with Crippen molar-refractivity contribution in [2.75, 3.05) is 6.61 Å². The van der Waals surface area contributed by atoms with Crippen LogP contribution in [0, 0.1) is 34.5 Å². The van der Waals surface area contributed by atoms with Crippen LogP contribution in [0.3, 0.4) is 0 Å². The minimum atomic E-state index is -0.880. The number of aliphatic hydroxyl groups is 3. The fourth-order valence-corrected chi connectivity index (χ4v) is 8.31. The van der Waals surface area contributed by atoms with E-state index in [0.717, 1.165) is 44.0 Å². The molecule has 1 heterocycles. The Balaban J connectivity index is 1.50. The van der Waals surface area contributed by atoms with E-state index in [0.29, 0.717) is 25.9 Å². The minimum Gasteiger partial charge on any atom is -0.458 e. The number of fused-ring (bicyclic) bond motifs is 5. The van der Waals surface area contributed by atoms with Crippen LogP contribution in [0.4, 0.5) is 0 Å². The van der Waals surface area contributed by atoms with Gasteiger partial charge in [0.25, 0.3) is 0 Å². The third-order valence-corrected chi connectivity index (χ3v) is 9.81. The van der Waals surface area contributed by atoms with Crippen molar-refractivity contribution >= 4 is 12.3 Å². The van der Waals surface area contributed by atoms with E-state index in [1.54, 1.807) is 6.08 Å². The second kappa shape index (κ2) is 6.38. The first kappa shape index (κ1) is 19.7. The molecule has 5 unspecified atom stereocenters. The number of ether oxygens (including phenoxy) is 1. The summed E-state index contributed by atoms with van der Waals surface area (Å²) in [5.74, 6) is -0.0400. The summed E-state index contributed by atoms with van der Waals surface area (Å²) in [7, 11) is 0. The molecule has 160 valence electrons. The molecule has 0 aromatic heterocycles. The van der Waals surface area contributed by atoms with Gasteiger partial charge in [0.2, 0.25) is 0 Å². The Labute approximate surface area is 171 Å². The predicted molar refractivity (Wildman–Crippen MR) is 104 cm³/mol. The fourth-order valence-electron chi connectivity index (χ4n) is 8.31. The van der Waals surface area contributed by atoms with Crippen LogP contribution < -0.4 is 0 Å². The van der Waals surface area contributed by atoms with Crippen LogP contribution in [0.25, 0.3) is 0 Å². The molecule has 0 saturated heterocycles. The first-order valence-corrected chi connectivity index (χ1v) is 11.2. The second-order valence-electron chi connectivity index (χ2n) is 10.6. The van der Waals surface area contributed by atoms with E-state index < -0.39 is 23.2 Å². The minimum absolute atomic E-state index is 0.00812. The van der Waals surface area contributed by atoms with Crippen LogP contribution >= 0.6 is 0 Å². The van der Waals surface area contributed by atoms with Crippen molar-refractivity contribution in [1.29, 1.82) is 0 Å². The molecular weight excluding hydrogens is 372 g/mol. The maximum absolute atomic E-state index is 12.5.